The lowest BCUT2D eigenvalue weighted by atomic mass is 9.83. The number of hydrogen-bond donors (Lipinski definition) is 1. The quantitative estimate of drug-likeness (QED) is 0.107. The molecular weight excluding hydrogens is 484 g/mol. The highest BCUT2D eigenvalue weighted by Gasteiger charge is 2.21. The monoisotopic (exact) mass is 557 g/mol. The standard InChI is InChI=1S/C39H72O/c1-7-10-13-16-19-22-25-28-33(4)36-31-37(34(5)29-26-23-20-17-14-11-8-2)39(40)38(32-36)35(6)30-27-24-21-18-15-12-9-3/h31-35,40H,7-30H2,1-6H3. The van der Waals surface area contributed by atoms with E-state index in [0.717, 1.165) is 0 Å². The minimum absolute atomic E-state index is 0.436. The molecule has 0 fully saturated rings. The van der Waals surface area contributed by atoms with E-state index in [9.17, 15) is 5.11 Å². The summed E-state index contributed by atoms with van der Waals surface area (Å²) in [6.07, 6.45) is 32.3. The molecule has 1 nitrogen and oxygen atoms in total. The molecule has 234 valence electrons. The zero-order valence-corrected chi connectivity index (χ0v) is 28.3. The van der Waals surface area contributed by atoms with Crippen LogP contribution in [-0.2, 0) is 0 Å². The van der Waals surface area contributed by atoms with Gasteiger partial charge in [-0.25, -0.2) is 0 Å². The Kier molecular flexibility index (Phi) is 22.8. The van der Waals surface area contributed by atoms with E-state index in [1.807, 2.05) is 0 Å². The average Bonchev–Trinajstić information content (AvgIpc) is 2.95. The van der Waals surface area contributed by atoms with E-state index in [-0.39, 0.29) is 0 Å². The zero-order chi connectivity index (χ0) is 29.4. The van der Waals surface area contributed by atoms with Crippen LogP contribution in [-0.4, -0.2) is 5.11 Å². The Balaban J connectivity index is 2.81. The van der Waals surface area contributed by atoms with Gasteiger partial charge in [0.15, 0.2) is 0 Å². The fraction of sp³-hybridized carbons (Fsp3) is 0.846. The molecule has 0 aliphatic rings. The van der Waals surface area contributed by atoms with E-state index in [4.69, 9.17) is 0 Å². The Morgan fingerprint density at radius 2 is 0.700 bits per heavy atom. The fourth-order valence-electron chi connectivity index (χ4n) is 6.44. The molecule has 1 rings (SSSR count). The van der Waals surface area contributed by atoms with Gasteiger partial charge >= 0.3 is 0 Å². The van der Waals surface area contributed by atoms with Crippen LogP contribution in [0.5, 0.6) is 5.75 Å². The number of phenolic OH excluding ortho intramolecular Hbond substituents is 1. The molecule has 3 unspecified atom stereocenters. The molecule has 0 saturated heterocycles. The van der Waals surface area contributed by atoms with Crippen LogP contribution in [0, 0.1) is 0 Å². The number of rotatable bonds is 27. The molecule has 0 saturated carbocycles. The second kappa shape index (κ2) is 24.6. The molecular formula is C39H72O. The fourth-order valence-corrected chi connectivity index (χ4v) is 6.44. The topological polar surface area (TPSA) is 20.2 Å². The van der Waals surface area contributed by atoms with Crippen molar-refractivity contribution >= 4 is 0 Å². The van der Waals surface area contributed by atoms with Gasteiger partial charge in [-0.15, -0.1) is 0 Å². The van der Waals surface area contributed by atoms with Gasteiger partial charge in [0.05, 0.1) is 0 Å². The Labute approximate surface area is 252 Å². The molecule has 0 aliphatic carbocycles. The van der Waals surface area contributed by atoms with Crippen LogP contribution in [0.1, 0.15) is 230 Å². The highest BCUT2D eigenvalue weighted by atomic mass is 16.3. The third-order valence-electron chi connectivity index (χ3n) is 9.54. The lowest BCUT2D eigenvalue weighted by molar-refractivity contribution is 0.440. The maximum absolute atomic E-state index is 11.6. The van der Waals surface area contributed by atoms with Crippen molar-refractivity contribution in [3.8, 4) is 5.75 Å². The Bertz CT molecular complexity index is 662. The summed E-state index contributed by atoms with van der Waals surface area (Å²) in [4.78, 5) is 0. The van der Waals surface area contributed by atoms with Gasteiger partial charge in [0.2, 0.25) is 0 Å². The van der Waals surface area contributed by atoms with Crippen molar-refractivity contribution in [2.45, 2.75) is 213 Å². The third-order valence-corrected chi connectivity index (χ3v) is 9.54. The van der Waals surface area contributed by atoms with Crippen LogP contribution in [0.25, 0.3) is 0 Å². The summed E-state index contributed by atoms with van der Waals surface area (Å²) in [5, 5.41) is 11.6. The van der Waals surface area contributed by atoms with Gasteiger partial charge in [0.25, 0.3) is 0 Å². The average molecular weight is 557 g/mol. The van der Waals surface area contributed by atoms with Gasteiger partial charge < -0.3 is 5.11 Å². The molecule has 1 aromatic rings. The van der Waals surface area contributed by atoms with Gasteiger partial charge in [0, 0.05) is 0 Å². The van der Waals surface area contributed by atoms with Crippen LogP contribution in [0.2, 0.25) is 0 Å². The second-order valence-corrected chi connectivity index (χ2v) is 13.5. The number of benzene rings is 1. The Morgan fingerprint density at radius 3 is 1.02 bits per heavy atom. The van der Waals surface area contributed by atoms with E-state index < -0.39 is 0 Å². The predicted octanol–water partition coefficient (Wildman–Crippen LogP) is 14.1. The number of aromatic hydroxyl groups is 1. The lowest BCUT2D eigenvalue weighted by Crippen LogP contribution is -2.05. The van der Waals surface area contributed by atoms with Gasteiger partial charge in [-0.05, 0) is 53.7 Å². The van der Waals surface area contributed by atoms with Crippen molar-refractivity contribution in [1.82, 2.24) is 0 Å². The molecule has 0 aromatic heterocycles. The Hall–Kier alpha value is -0.980. The maximum Gasteiger partial charge on any atom is 0.122 e. The number of unbranched alkanes of at least 4 members (excludes halogenated alkanes) is 18. The minimum Gasteiger partial charge on any atom is -0.507 e. The van der Waals surface area contributed by atoms with Crippen molar-refractivity contribution in [1.29, 1.82) is 0 Å². The number of phenols is 1. The van der Waals surface area contributed by atoms with Gasteiger partial charge in [-0.1, -0.05) is 189 Å². The summed E-state index contributed by atoms with van der Waals surface area (Å²) >= 11 is 0. The van der Waals surface area contributed by atoms with Crippen LogP contribution >= 0.6 is 0 Å². The maximum atomic E-state index is 11.6. The van der Waals surface area contributed by atoms with Crippen LogP contribution in [0.4, 0.5) is 0 Å². The van der Waals surface area contributed by atoms with Crippen LogP contribution in [0.3, 0.4) is 0 Å². The van der Waals surface area contributed by atoms with E-state index in [0.29, 0.717) is 23.5 Å². The summed E-state index contributed by atoms with van der Waals surface area (Å²) in [7, 11) is 0. The molecule has 0 amide bonds. The van der Waals surface area contributed by atoms with Crippen LogP contribution in [0.15, 0.2) is 12.1 Å². The molecule has 0 bridgehead atoms. The van der Waals surface area contributed by atoms with Crippen molar-refractivity contribution in [2.75, 3.05) is 0 Å². The lowest BCUT2D eigenvalue weighted by Gasteiger charge is -2.23. The summed E-state index contributed by atoms with van der Waals surface area (Å²) in [6, 6.07) is 4.80. The molecule has 1 aromatic carbocycles. The molecule has 3 atom stereocenters. The van der Waals surface area contributed by atoms with E-state index in [2.05, 4.69) is 53.7 Å². The first-order valence-corrected chi connectivity index (χ1v) is 18.3. The van der Waals surface area contributed by atoms with Gasteiger partial charge in [0.1, 0.15) is 5.75 Å². The molecule has 1 heteroatoms. The summed E-state index contributed by atoms with van der Waals surface area (Å²) in [5.74, 6) is 2.07. The largest absolute Gasteiger partial charge is 0.507 e. The third kappa shape index (κ3) is 16.5. The van der Waals surface area contributed by atoms with Crippen molar-refractivity contribution in [2.24, 2.45) is 0 Å². The molecule has 0 spiro atoms. The molecule has 0 heterocycles. The summed E-state index contributed by atoms with van der Waals surface area (Å²) in [5.41, 5.74) is 3.94. The van der Waals surface area contributed by atoms with E-state index in [1.54, 1.807) is 0 Å². The SMILES string of the molecule is CCCCCCCCCC(C)c1cc(C(C)CCCCCCCCC)c(O)c(C(C)CCCCCCCCC)c1. The van der Waals surface area contributed by atoms with Crippen molar-refractivity contribution in [3.63, 3.8) is 0 Å². The highest BCUT2D eigenvalue weighted by Crippen LogP contribution is 2.40. The van der Waals surface area contributed by atoms with Crippen LogP contribution < -0.4 is 0 Å². The van der Waals surface area contributed by atoms with Gasteiger partial charge in [-0.3, -0.25) is 0 Å². The normalized spacial score (nSPS) is 13.9. The Morgan fingerprint density at radius 1 is 0.425 bits per heavy atom. The smallest absolute Gasteiger partial charge is 0.122 e. The zero-order valence-electron chi connectivity index (χ0n) is 28.3. The summed E-state index contributed by atoms with van der Waals surface area (Å²) in [6.45, 7) is 14.0. The summed E-state index contributed by atoms with van der Waals surface area (Å²) < 4.78 is 0. The predicted molar refractivity (Wildman–Crippen MR) is 181 cm³/mol. The molecule has 0 radical (unpaired) electrons. The highest BCUT2D eigenvalue weighted by molar-refractivity contribution is 5.48. The van der Waals surface area contributed by atoms with E-state index >= 15 is 0 Å². The first kappa shape index (κ1) is 37.0. The minimum atomic E-state index is 0.436. The number of hydrogen-bond acceptors (Lipinski definition) is 1. The molecule has 0 aliphatic heterocycles. The molecule has 1 N–H and O–H groups in total. The van der Waals surface area contributed by atoms with Crippen molar-refractivity contribution in [3.05, 3.63) is 28.8 Å². The first-order valence-electron chi connectivity index (χ1n) is 18.3. The second-order valence-electron chi connectivity index (χ2n) is 13.5. The van der Waals surface area contributed by atoms with Crippen molar-refractivity contribution < 1.29 is 5.11 Å². The first-order chi connectivity index (χ1) is 19.5. The van der Waals surface area contributed by atoms with Gasteiger partial charge in [-0.2, -0.15) is 0 Å². The molecule has 40 heavy (non-hydrogen) atoms. The van der Waals surface area contributed by atoms with E-state index in [1.165, 1.54) is 171 Å².